The van der Waals surface area contributed by atoms with Crippen molar-refractivity contribution >= 4 is 11.8 Å². The quantitative estimate of drug-likeness (QED) is 0.825. The summed E-state index contributed by atoms with van der Waals surface area (Å²) in [5.41, 5.74) is 3.07. The third-order valence-electron chi connectivity index (χ3n) is 2.73. The fourth-order valence-corrected chi connectivity index (χ4v) is 1.77. The molecule has 0 saturated carbocycles. The van der Waals surface area contributed by atoms with Crippen molar-refractivity contribution in [3.63, 3.8) is 0 Å². The SMILES string of the molecule is O=C(Nc1cc(F)ccc1F)ONC1=CCCCC1. The van der Waals surface area contributed by atoms with Crippen molar-refractivity contribution in [2.75, 3.05) is 5.32 Å². The molecule has 0 unspecified atom stereocenters. The van der Waals surface area contributed by atoms with Crippen molar-refractivity contribution in [1.82, 2.24) is 5.48 Å². The van der Waals surface area contributed by atoms with E-state index in [0.717, 1.165) is 49.6 Å². The summed E-state index contributed by atoms with van der Waals surface area (Å²) in [6.45, 7) is 0. The lowest BCUT2D eigenvalue weighted by Crippen LogP contribution is -2.24. The van der Waals surface area contributed by atoms with Crippen LogP contribution in [-0.2, 0) is 4.84 Å². The van der Waals surface area contributed by atoms with Crippen LogP contribution in [0, 0.1) is 11.6 Å². The van der Waals surface area contributed by atoms with Crippen LogP contribution in [0.4, 0.5) is 19.3 Å². The van der Waals surface area contributed by atoms with Crippen molar-refractivity contribution < 1.29 is 18.4 Å². The van der Waals surface area contributed by atoms with Crippen LogP contribution in [-0.4, -0.2) is 6.09 Å². The number of carbonyl (C=O) groups excluding carboxylic acids is 1. The zero-order valence-electron chi connectivity index (χ0n) is 10.2. The summed E-state index contributed by atoms with van der Waals surface area (Å²) >= 11 is 0. The summed E-state index contributed by atoms with van der Waals surface area (Å²) in [6, 6.07) is 2.79. The van der Waals surface area contributed by atoms with Crippen LogP contribution in [0.1, 0.15) is 25.7 Å². The number of hydrogen-bond acceptors (Lipinski definition) is 3. The summed E-state index contributed by atoms with van der Waals surface area (Å²) in [6.07, 6.45) is 4.94. The van der Waals surface area contributed by atoms with E-state index >= 15 is 0 Å². The number of anilines is 1. The van der Waals surface area contributed by atoms with Crippen LogP contribution >= 0.6 is 0 Å². The van der Waals surface area contributed by atoms with Crippen molar-refractivity contribution in [1.29, 1.82) is 0 Å². The number of hydroxylamine groups is 1. The van der Waals surface area contributed by atoms with Gasteiger partial charge < -0.3 is 4.84 Å². The first-order valence-corrected chi connectivity index (χ1v) is 6.03. The Morgan fingerprint density at radius 1 is 1.26 bits per heavy atom. The van der Waals surface area contributed by atoms with Crippen molar-refractivity contribution in [3.8, 4) is 0 Å². The molecule has 0 bridgehead atoms. The molecule has 0 spiro atoms. The molecule has 2 N–H and O–H groups in total. The van der Waals surface area contributed by atoms with Gasteiger partial charge in [-0.25, -0.2) is 19.1 Å². The fourth-order valence-electron chi connectivity index (χ4n) is 1.77. The highest BCUT2D eigenvalue weighted by molar-refractivity contribution is 5.84. The Labute approximate surface area is 109 Å². The highest BCUT2D eigenvalue weighted by atomic mass is 19.1. The molecule has 0 saturated heterocycles. The zero-order valence-corrected chi connectivity index (χ0v) is 10.2. The molecule has 6 heteroatoms. The van der Waals surface area contributed by atoms with E-state index in [4.69, 9.17) is 4.84 Å². The van der Waals surface area contributed by atoms with Crippen molar-refractivity contribution in [2.45, 2.75) is 25.7 Å². The number of allylic oxidation sites excluding steroid dienone is 2. The van der Waals surface area contributed by atoms with Gasteiger partial charge in [0.15, 0.2) is 0 Å². The molecular formula is C13H14F2N2O2. The lowest BCUT2D eigenvalue weighted by Gasteiger charge is -2.14. The Morgan fingerprint density at radius 3 is 2.84 bits per heavy atom. The summed E-state index contributed by atoms with van der Waals surface area (Å²) in [5, 5.41) is 2.12. The number of halogens is 2. The monoisotopic (exact) mass is 268 g/mol. The highest BCUT2D eigenvalue weighted by Gasteiger charge is 2.10. The molecule has 102 valence electrons. The van der Waals surface area contributed by atoms with Gasteiger partial charge in [-0.2, -0.15) is 0 Å². The predicted molar refractivity (Wildman–Crippen MR) is 66.1 cm³/mol. The summed E-state index contributed by atoms with van der Waals surface area (Å²) < 4.78 is 26.1. The molecule has 4 nitrogen and oxygen atoms in total. The molecule has 0 aliphatic heterocycles. The maximum Gasteiger partial charge on any atom is 0.436 e. The topological polar surface area (TPSA) is 50.4 Å². The van der Waals surface area contributed by atoms with Crippen LogP contribution in [0.3, 0.4) is 0 Å². The van der Waals surface area contributed by atoms with E-state index in [1.54, 1.807) is 0 Å². The van der Waals surface area contributed by atoms with Crippen LogP contribution < -0.4 is 10.8 Å². The largest absolute Gasteiger partial charge is 0.436 e. The van der Waals surface area contributed by atoms with E-state index < -0.39 is 17.7 Å². The zero-order chi connectivity index (χ0) is 13.7. The van der Waals surface area contributed by atoms with E-state index in [1.165, 1.54) is 0 Å². The Balaban J connectivity index is 1.87. The van der Waals surface area contributed by atoms with Gasteiger partial charge in [0, 0.05) is 11.8 Å². The maximum absolute atomic E-state index is 13.3. The summed E-state index contributed by atoms with van der Waals surface area (Å²) in [4.78, 5) is 16.1. The van der Waals surface area contributed by atoms with E-state index in [1.807, 2.05) is 6.08 Å². The maximum atomic E-state index is 13.3. The molecular weight excluding hydrogens is 254 g/mol. The predicted octanol–water partition coefficient (Wildman–Crippen LogP) is 3.48. The summed E-state index contributed by atoms with van der Waals surface area (Å²) in [7, 11) is 0. The molecule has 0 radical (unpaired) electrons. The number of amides is 1. The molecule has 0 aromatic heterocycles. The molecule has 1 aromatic carbocycles. The average molecular weight is 268 g/mol. The van der Waals surface area contributed by atoms with E-state index in [2.05, 4.69) is 10.8 Å². The van der Waals surface area contributed by atoms with Gasteiger partial charge in [-0.05, 0) is 37.8 Å². The van der Waals surface area contributed by atoms with E-state index in [-0.39, 0.29) is 5.69 Å². The molecule has 2 rings (SSSR count). The molecule has 0 heterocycles. The first-order valence-electron chi connectivity index (χ1n) is 6.03. The Morgan fingerprint density at radius 2 is 2.11 bits per heavy atom. The molecule has 1 aliphatic carbocycles. The smallest absolute Gasteiger partial charge is 0.324 e. The highest BCUT2D eigenvalue weighted by Crippen LogP contribution is 2.16. The minimum Gasteiger partial charge on any atom is -0.324 e. The number of nitrogens with one attached hydrogen (secondary N) is 2. The van der Waals surface area contributed by atoms with Gasteiger partial charge in [-0.3, -0.25) is 5.32 Å². The Bertz CT molecular complexity index is 503. The van der Waals surface area contributed by atoms with Gasteiger partial charge in [0.1, 0.15) is 11.6 Å². The van der Waals surface area contributed by atoms with Crippen molar-refractivity contribution in [2.24, 2.45) is 0 Å². The lowest BCUT2D eigenvalue weighted by atomic mass is 10.1. The van der Waals surface area contributed by atoms with Crippen LogP contribution in [0.15, 0.2) is 30.0 Å². The second-order valence-electron chi connectivity index (χ2n) is 4.22. The second kappa shape index (κ2) is 6.17. The van der Waals surface area contributed by atoms with Gasteiger partial charge in [-0.1, -0.05) is 6.08 Å². The third-order valence-corrected chi connectivity index (χ3v) is 2.73. The van der Waals surface area contributed by atoms with Crippen molar-refractivity contribution in [3.05, 3.63) is 41.6 Å². The normalized spacial score (nSPS) is 14.5. The number of carbonyl (C=O) groups is 1. The second-order valence-corrected chi connectivity index (χ2v) is 4.22. The van der Waals surface area contributed by atoms with E-state index in [9.17, 15) is 13.6 Å². The standard InChI is InChI=1S/C13H14F2N2O2/c14-9-6-7-11(15)12(8-9)16-13(18)19-17-10-4-2-1-3-5-10/h4,6-8,17H,1-3,5H2,(H,16,18). The third kappa shape index (κ3) is 3.94. The van der Waals surface area contributed by atoms with Crippen LogP contribution in [0.2, 0.25) is 0 Å². The molecule has 0 fully saturated rings. The number of benzene rings is 1. The van der Waals surface area contributed by atoms with Gasteiger partial charge >= 0.3 is 6.09 Å². The molecule has 0 atom stereocenters. The number of rotatable bonds is 3. The van der Waals surface area contributed by atoms with Crippen LogP contribution in [0.5, 0.6) is 0 Å². The van der Waals surface area contributed by atoms with E-state index in [0.29, 0.717) is 0 Å². The minimum absolute atomic E-state index is 0.260. The lowest BCUT2D eigenvalue weighted by molar-refractivity contribution is 0.117. The fraction of sp³-hybridized carbons (Fsp3) is 0.308. The number of hydrogen-bond donors (Lipinski definition) is 2. The van der Waals surface area contributed by atoms with Crippen LogP contribution in [0.25, 0.3) is 0 Å². The Kier molecular flexibility index (Phi) is 4.33. The molecule has 1 amide bonds. The van der Waals surface area contributed by atoms with Gasteiger partial charge in [0.05, 0.1) is 5.69 Å². The first kappa shape index (κ1) is 13.3. The molecule has 19 heavy (non-hydrogen) atoms. The van der Waals surface area contributed by atoms with Gasteiger partial charge in [-0.15, -0.1) is 0 Å². The van der Waals surface area contributed by atoms with Gasteiger partial charge in [0.25, 0.3) is 0 Å². The minimum atomic E-state index is -0.893. The summed E-state index contributed by atoms with van der Waals surface area (Å²) in [5.74, 6) is -1.37. The van der Waals surface area contributed by atoms with Gasteiger partial charge in [0.2, 0.25) is 0 Å². The Hall–Kier alpha value is -2.11. The average Bonchev–Trinajstić information content (AvgIpc) is 2.42. The first-order chi connectivity index (χ1) is 9.15. The molecule has 1 aliphatic rings. The molecule has 1 aromatic rings.